The monoisotopic (exact) mass is 236 g/mol. The number of nitrogens with one attached hydrogen (secondary N) is 1. The molecule has 0 atom stereocenters. The lowest BCUT2D eigenvalue weighted by atomic mass is 10.6. The summed E-state index contributed by atoms with van der Waals surface area (Å²) in [6.45, 7) is -0.135. The summed E-state index contributed by atoms with van der Waals surface area (Å²) in [7, 11) is 0. The van der Waals surface area contributed by atoms with E-state index < -0.39 is 0 Å². The zero-order valence-electron chi connectivity index (χ0n) is 8.16. The first kappa shape index (κ1) is 10.5. The first-order valence-electron chi connectivity index (χ1n) is 4.44. The van der Waals surface area contributed by atoms with Crippen LogP contribution in [-0.4, -0.2) is 27.5 Å². The number of hydrogen-bond donors (Lipinski definition) is 1. The molecule has 2 aromatic rings. The van der Waals surface area contributed by atoms with Crippen LogP contribution >= 0.6 is 11.3 Å². The van der Waals surface area contributed by atoms with E-state index in [1.807, 2.05) is 0 Å². The predicted molar refractivity (Wildman–Crippen MR) is 58.3 cm³/mol. The summed E-state index contributed by atoms with van der Waals surface area (Å²) < 4.78 is 5.06. The molecule has 2 aromatic heterocycles. The molecule has 2 rings (SSSR count). The van der Waals surface area contributed by atoms with Gasteiger partial charge in [0, 0.05) is 24.0 Å². The molecule has 0 spiro atoms. The molecule has 0 unspecified atom stereocenters. The summed E-state index contributed by atoms with van der Waals surface area (Å²) in [5.74, 6) is -0.289. The Hall–Kier alpha value is -2.02. The Morgan fingerprint density at radius 3 is 2.81 bits per heavy atom. The van der Waals surface area contributed by atoms with Crippen LogP contribution in [0.25, 0.3) is 0 Å². The summed E-state index contributed by atoms with van der Waals surface area (Å²) in [6, 6.07) is 1.85. The van der Waals surface area contributed by atoms with E-state index in [0.29, 0.717) is 5.13 Å². The van der Waals surface area contributed by atoms with E-state index in [1.54, 1.807) is 30.0 Å². The number of hydrogen-bond acceptors (Lipinski definition) is 6. The Labute approximate surface area is 95.3 Å². The fraction of sp³-hybridized carbons (Fsp3) is 0.111. The number of nitrogens with zero attached hydrogens (tertiary/aromatic N) is 3. The molecule has 0 saturated carbocycles. The molecular formula is C9H8N4O2S. The van der Waals surface area contributed by atoms with Crippen molar-refractivity contribution in [3.8, 4) is 6.01 Å². The third-order valence-electron chi connectivity index (χ3n) is 1.55. The molecule has 1 N–H and O–H groups in total. The first-order valence-corrected chi connectivity index (χ1v) is 5.32. The van der Waals surface area contributed by atoms with Crippen molar-refractivity contribution in [3.63, 3.8) is 0 Å². The number of ether oxygens (including phenoxy) is 1. The lowest BCUT2D eigenvalue weighted by Gasteiger charge is -2.02. The number of carbonyl (C=O) groups is 1. The fourth-order valence-corrected chi connectivity index (χ4v) is 1.48. The second-order valence-electron chi connectivity index (χ2n) is 2.71. The number of aromatic nitrogens is 3. The van der Waals surface area contributed by atoms with Crippen molar-refractivity contribution in [2.45, 2.75) is 0 Å². The van der Waals surface area contributed by atoms with Crippen LogP contribution in [-0.2, 0) is 4.79 Å². The standard InChI is InChI=1S/C9H8N4O2S/c14-7(13-9-12-4-5-16-9)6-15-8-10-2-1-3-11-8/h1-5H,6H2,(H,12,13,14). The SMILES string of the molecule is O=C(COc1ncccn1)Nc1nccs1. The van der Waals surface area contributed by atoms with E-state index in [0.717, 1.165) is 0 Å². The summed E-state index contributed by atoms with van der Waals surface area (Å²) in [5, 5.41) is 4.90. The summed E-state index contributed by atoms with van der Waals surface area (Å²) in [5.41, 5.74) is 0. The molecule has 0 bridgehead atoms. The van der Waals surface area contributed by atoms with Gasteiger partial charge in [-0.05, 0) is 6.07 Å². The van der Waals surface area contributed by atoms with Crippen LogP contribution in [0.5, 0.6) is 6.01 Å². The maximum absolute atomic E-state index is 11.4. The molecule has 1 amide bonds. The molecule has 0 aliphatic rings. The van der Waals surface area contributed by atoms with Crippen LogP contribution in [0.4, 0.5) is 5.13 Å². The Kier molecular flexibility index (Phi) is 3.39. The van der Waals surface area contributed by atoms with Gasteiger partial charge in [-0.15, -0.1) is 11.3 Å². The third kappa shape index (κ3) is 2.99. The Morgan fingerprint density at radius 2 is 2.12 bits per heavy atom. The molecular weight excluding hydrogens is 228 g/mol. The molecule has 82 valence electrons. The molecule has 0 saturated heterocycles. The molecule has 6 nitrogen and oxygen atoms in total. The minimum Gasteiger partial charge on any atom is -0.453 e. The van der Waals surface area contributed by atoms with Crippen LogP contribution in [0, 0.1) is 0 Å². The Bertz CT molecular complexity index is 446. The fourth-order valence-electron chi connectivity index (χ4n) is 0.931. The van der Waals surface area contributed by atoms with Gasteiger partial charge in [-0.2, -0.15) is 0 Å². The van der Waals surface area contributed by atoms with E-state index >= 15 is 0 Å². The molecule has 0 aliphatic heterocycles. The highest BCUT2D eigenvalue weighted by Crippen LogP contribution is 2.09. The number of carbonyl (C=O) groups excluding carboxylic acids is 1. The van der Waals surface area contributed by atoms with Gasteiger partial charge in [-0.25, -0.2) is 15.0 Å². The van der Waals surface area contributed by atoms with Gasteiger partial charge < -0.3 is 4.74 Å². The smallest absolute Gasteiger partial charge is 0.316 e. The highest BCUT2D eigenvalue weighted by Gasteiger charge is 2.05. The average Bonchev–Trinajstić information content (AvgIpc) is 2.81. The Morgan fingerprint density at radius 1 is 1.31 bits per heavy atom. The number of thiazole rings is 1. The molecule has 7 heteroatoms. The van der Waals surface area contributed by atoms with Gasteiger partial charge in [0.25, 0.3) is 5.91 Å². The van der Waals surface area contributed by atoms with Crippen molar-refractivity contribution in [1.29, 1.82) is 0 Å². The largest absolute Gasteiger partial charge is 0.453 e. The van der Waals surface area contributed by atoms with E-state index in [9.17, 15) is 4.79 Å². The van der Waals surface area contributed by atoms with Crippen LogP contribution in [0.2, 0.25) is 0 Å². The topological polar surface area (TPSA) is 77.0 Å². The Balaban J connectivity index is 1.80. The quantitative estimate of drug-likeness (QED) is 0.855. The van der Waals surface area contributed by atoms with Crippen molar-refractivity contribution in [3.05, 3.63) is 30.0 Å². The molecule has 0 fully saturated rings. The molecule has 16 heavy (non-hydrogen) atoms. The van der Waals surface area contributed by atoms with Crippen molar-refractivity contribution < 1.29 is 9.53 Å². The van der Waals surface area contributed by atoms with E-state index in [-0.39, 0.29) is 18.5 Å². The molecule has 0 aromatic carbocycles. The normalized spacial score (nSPS) is 9.75. The highest BCUT2D eigenvalue weighted by atomic mass is 32.1. The van der Waals surface area contributed by atoms with Crippen molar-refractivity contribution in [2.24, 2.45) is 0 Å². The highest BCUT2D eigenvalue weighted by molar-refractivity contribution is 7.13. The van der Waals surface area contributed by atoms with Gasteiger partial charge in [-0.1, -0.05) is 0 Å². The van der Waals surface area contributed by atoms with Gasteiger partial charge in [0.05, 0.1) is 0 Å². The summed E-state index contributed by atoms with van der Waals surface area (Å²) in [6.07, 6.45) is 4.70. The minimum atomic E-state index is -0.289. The number of amides is 1. The van der Waals surface area contributed by atoms with E-state index in [4.69, 9.17) is 4.74 Å². The maximum Gasteiger partial charge on any atom is 0.316 e. The lowest BCUT2D eigenvalue weighted by Crippen LogP contribution is -2.20. The van der Waals surface area contributed by atoms with Crippen LogP contribution in [0.15, 0.2) is 30.0 Å². The maximum atomic E-state index is 11.4. The second kappa shape index (κ2) is 5.17. The lowest BCUT2D eigenvalue weighted by molar-refractivity contribution is -0.118. The van der Waals surface area contributed by atoms with Crippen molar-refractivity contribution >= 4 is 22.4 Å². The van der Waals surface area contributed by atoms with Crippen LogP contribution in [0.3, 0.4) is 0 Å². The third-order valence-corrected chi connectivity index (χ3v) is 2.24. The van der Waals surface area contributed by atoms with Crippen molar-refractivity contribution in [2.75, 3.05) is 11.9 Å². The summed E-state index contributed by atoms with van der Waals surface area (Å²) >= 11 is 1.34. The van der Waals surface area contributed by atoms with Gasteiger partial charge in [-0.3, -0.25) is 10.1 Å². The van der Waals surface area contributed by atoms with Gasteiger partial charge in [0.1, 0.15) is 0 Å². The first-order chi connectivity index (χ1) is 7.84. The second-order valence-corrected chi connectivity index (χ2v) is 3.60. The van der Waals surface area contributed by atoms with Crippen LogP contribution in [0.1, 0.15) is 0 Å². The molecule has 2 heterocycles. The van der Waals surface area contributed by atoms with E-state index in [2.05, 4.69) is 20.3 Å². The summed E-state index contributed by atoms with van der Waals surface area (Å²) in [4.78, 5) is 22.9. The van der Waals surface area contributed by atoms with Gasteiger partial charge in [0.2, 0.25) is 0 Å². The minimum absolute atomic E-state index is 0.135. The predicted octanol–water partition coefficient (Wildman–Crippen LogP) is 0.951. The zero-order valence-corrected chi connectivity index (χ0v) is 8.98. The van der Waals surface area contributed by atoms with Gasteiger partial charge >= 0.3 is 6.01 Å². The number of anilines is 1. The number of rotatable bonds is 4. The zero-order chi connectivity index (χ0) is 11.2. The molecule has 0 aliphatic carbocycles. The van der Waals surface area contributed by atoms with Crippen molar-refractivity contribution in [1.82, 2.24) is 15.0 Å². The molecule has 0 radical (unpaired) electrons. The average molecular weight is 236 g/mol. The van der Waals surface area contributed by atoms with Crippen LogP contribution < -0.4 is 10.1 Å². The van der Waals surface area contributed by atoms with Gasteiger partial charge in [0.15, 0.2) is 11.7 Å². The van der Waals surface area contributed by atoms with E-state index in [1.165, 1.54) is 11.3 Å².